The summed E-state index contributed by atoms with van der Waals surface area (Å²) in [6, 6.07) is 10.8. The van der Waals surface area contributed by atoms with E-state index in [1.807, 2.05) is 19.1 Å². The molecule has 0 saturated heterocycles. The van der Waals surface area contributed by atoms with Crippen LogP contribution < -0.4 is 10.5 Å². The molecule has 0 bridgehead atoms. The van der Waals surface area contributed by atoms with E-state index >= 15 is 0 Å². The van der Waals surface area contributed by atoms with Crippen molar-refractivity contribution in [3.05, 3.63) is 77.1 Å². The van der Waals surface area contributed by atoms with Crippen LogP contribution in [0, 0.1) is 18.6 Å². The smallest absolute Gasteiger partial charge is 0.221 e. The van der Waals surface area contributed by atoms with Gasteiger partial charge in [-0.1, -0.05) is 30.3 Å². The van der Waals surface area contributed by atoms with E-state index in [2.05, 4.69) is 10.1 Å². The highest BCUT2D eigenvalue weighted by atomic mass is 19.1. The molecular formula is C18H16F2N4O. The summed E-state index contributed by atoms with van der Waals surface area (Å²) in [7, 11) is 0. The molecule has 3 rings (SSSR count). The Morgan fingerprint density at radius 3 is 2.44 bits per heavy atom. The Labute approximate surface area is 143 Å². The molecule has 25 heavy (non-hydrogen) atoms. The van der Waals surface area contributed by atoms with E-state index in [4.69, 9.17) is 10.5 Å². The van der Waals surface area contributed by atoms with Crippen LogP contribution in [0.15, 0.2) is 53.8 Å². The van der Waals surface area contributed by atoms with Crippen LogP contribution in [0.3, 0.4) is 0 Å². The number of hydrogen-bond acceptors (Lipinski definition) is 4. The van der Waals surface area contributed by atoms with E-state index < -0.39 is 11.6 Å². The van der Waals surface area contributed by atoms with E-state index in [9.17, 15) is 8.78 Å². The lowest BCUT2D eigenvalue weighted by molar-refractivity contribution is 0.274. The fourth-order valence-corrected chi connectivity index (χ4v) is 2.20. The fraction of sp³-hybridized carbons (Fsp3) is 0.111. The number of anilines is 1. The molecule has 2 aromatic carbocycles. The first-order valence-electron chi connectivity index (χ1n) is 7.54. The number of aryl methyl sites for hydroxylation is 1. The second-order valence-corrected chi connectivity index (χ2v) is 5.41. The van der Waals surface area contributed by atoms with Crippen molar-refractivity contribution in [2.24, 2.45) is 5.10 Å². The van der Waals surface area contributed by atoms with Crippen molar-refractivity contribution in [2.75, 3.05) is 5.73 Å². The summed E-state index contributed by atoms with van der Waals surface area (Å²) in [5, 5.41) is 4.22. The summed E-state index contributed by atoms with van der Waals surface area (Å²) in [5.41, 5.74) is 8.10. The third-order valence-electron chi connectivity index (χ3n) is 3.45. The van der Waals surface area contributed by atoms with E-state index in [1.54, 1.807) is 24.5 Å². The Morgan fingerprint density at radius 1 is 1.16 bits per heavy atom. The maximum Gasteiger partial charge on any atom is 0.221 e. The van der Waals surface area contributed by atoms with Crippen molar-refractivity contribution in [1.82, 2.24) is 9.66 Å². The molecule has 0 spiro atoms. The molecule has 0 amide bonds. The van der Waals surface area contributed by atoms with Crippen LogP contribution in [-0.2, 0) is 6.61 Å². The molecule has 3 aromatic rings. The largest absolute Gasteiger partial charge is 0.483 e. The fourth-order valence-electron chi connectivity index (χ4n) is 2.20. The zero-order chi connectivity index (χ0) is 17.8. The second-order valence-electron chi connectivity index (χ2n) is 5.41. The maximum absolute atomic E-state index is 13.5. The Morgan fingerprint density at radius 2 is 1.84 bits per heavy atom. The molecule has 0 aliphatic heterocycles. The summed E-state index contributed by atoms with van der Waals surface area (Å²) < 4.78 is 33.7. The van der Waals surface area contributed by atoms with Gasteiger partial charge in [0.1, 0.15) is 6.61 Å². The average molecular weight is 342 g/mol. The Kier molecular flexibility index (Phi) is 4.74. The summed E-state index contributed by atoms with van der Waals surface area (Å²) in [4.78, 5) is 4.05. The first-order valence-corrected chi connectivity index (χ1v) is 7.54. The first kappa shape index (κ1) is 16.6. The van der Waals surface area contributed by atoms with Gasteiger partial charge in [0.2, 0.25) is 5.95 Å². The monoisotopic (exact) mass is 342 g/mol. The Bertz CT molecular complexity index is 884. The summed E-state index contributed by atoms with van der Waals surface area (Å²) in [5.74, 6) is -1.52. The number of rotatable bonds is 5. The molecule has 128 valence electrons. The van der Waals surface area contributed by atoms with E-state index in [1.165, 1.54) is 10.7 Å². The van der Waals surface area contributed by atoms with Crippen LogP contribution >= 0.6 is 0 Å². The van der Waals surface area contributed by atoms with Crippen molar-refractivity contribution in [2.45, 2.75) is 13.5 Å². The van der Waals surface area contributed by atoms with Gasteiger partial charge in [-0.15, -0.1) is 0 Å². The van der Waals surface area contributed by atoms with Crippen molar-refractivity contribution in [1.29, 1.82) is 0 Å². The standard InChI is InChI=1S/C18H16F2N4O/c1-12-10-24(18(21)23-12)22-9-13-5-7-14(8-6-13)11-25-17-15(19)3-2-4-16(17)20/h2-10H,11H2,1H3,(H2,21,23). The second kappa shape index (κ2) is 7.12. The molecule has 0 aliphatic rings. The van der Waals surface area contributed by atoms with Crippen molar-refractivity contribution in [3.63, 3.8) is 0 Å². The van der Waals surface area contributed by atoms with E-state index in [0.29, 0.717) is 5.95 Å². The SMILES string of the molecule is Cc1cn(N=Cc2ccc(COc3c(F)cccc3F)cc2)c(N)n1. The molecule has 2 N–H and O–H groups in total. The van der Waals surface area contributed by atoms with Crippen LogP contribution in [0.1, 0.15) is 16.8 Å². The molecule has 0 aliphatic carbocycles. The zero-order valence-electron chi connectivity index (χ0n) is 13.5. The van der Waals surface area contributed by atoms with Crippen molar-refractivity contribution < 1.29 is 13.5 Å². The highest BCUT2D eigenvalue weighted by molar-refractivity contribution is 5.79. The van der Waals surface area contributed by atoms with E-state index in [0.717, 1.165) is 29.0 Å². The number of imidazole rings is 1. The third-order valence-corrected chi connectivity index (χ3v) is 3.45. The number of hydrogen-bond donors (Lipinski definition) is 1. The number of para-hydroxylation sites is 1. The van der Waals surface area contributed by atoms with Crippen molar-refractivity contribution in [3.8, 4) is 5.75 Å². The number of nitrogen functional groups attached to an aromatic ring is 1. The number of nitrogens with zero attached hydrogens (tertiary/aromatic N) is 3. The lowest BCUT2D eigenvalue weighted by Crippen LogP contribution is -2.00. The average Bonchev–Trinajstić information content (AvgIpc) is 2.91. The minimum Gasteiger partial charge on any atom is -0.483 e. The van der Waals surface area contributed by atoms with Crippen LogP contribution in [0.25, 0.3) is 0 Å². The first-order chi connectivity index (χ1) is 12.0. The van der Waals surface area contributed by atoms with E-state index in [-0.39, 0.29) is 12.4 Å². The van der Waals surface area contributed by atoms with Gasteiger partial charge >= 0.3 is 0 Å². The van der Waals surface area contributed by atoms with Gasteiger partial charge in [-0.2, -0.15) is 5.10 Å². The summed E-state index contributed by atoms with van der Waals surface area (Å²) in [6.45, 7) is 1.89. The zero-order valence-corrected chi connectivity index (χ0v) is 13.5. The Hall–Kier alpha value is -3.22. The quantitative estimate of drug-likeness (QED) is 0.722. The van der Waals surface area contributed by atoms with Crippen LogP contribution in [0.4, 0.5) is 14.7 Å². The minimum absolute atomic E-state index is 0.0585. The minimum atomic E-state index is -0.725. The molecule has 0 saturated carbocycles. The number of halogens is 2. The number of aromatic nitrogens is 2. The number of benzene rings is 2. The Balaban J connectivity index is 1.65. The lowest BCUT2D eigenvalue weighted by Gasteiger charge is -2.08. The molecule has 5 nitrogen and oxygen atoms in total. The van der Waals surface area contributed by atoms with Crippen LogP contribution in [0.5, 0.6) is 5.75 Å². The molecule has 0 atom stereocenters. The number of nitrogens with two attached hydrogens (primary N) is 1. The highest BCUT2D eigenvalue weighted by Crippen LogP contribution is 2.22. The van der Waals surface area contributed by atoms with Crippen molar-refractivity contribution >= 4 is 12.2 Å². The molecule has 1 heterocycles. The van der Waals surface area contributed by atoms with Gasteiger partial charge in [-0.25, -0.2) is 18.4 Å². The highest BCUT2D eigenvalue weighted by Gasteiger charge is 2.09. The van der Waals surface area contributed by atoms with Crippen LogP contribution in [-0.4, -0.2) is 15.9 Å². The molecule has 0 fully saturated rings. The predicted molar refractivity (Wildman–Crippen MR) is 91.5 cm³/mol. The summed E-state index contributed by atoms with van der Waals surface area (Å²) in [6.07, 6.45) is 3.36. The van der Waals surface area contributed by atoms with Gasteiger partial charge < -0.3 is 10.5 Å². The van der Waals surface area contributed by atoms with Gasteiger partial charge in [-0.3, -0.25) is 0 Å². The van der Waals surface area contributed by atoms with Gasteiger partial charge in [-0.05, 0) is 30.2 Å². The maximum atomic E-state index is 13.5. The molecule has 0 unspecified atom stereocenters. The molecule has 7 heteroatoms. The van der Waals surface area contributed by atoms with Gasteiger partial charge in [0.15, 0.2) is 17.4 Å². The predicted octanol–water partition coefficient (Wildman–Crippen LogP) is 3.51. The molecular weight excluding hydrogens is 326 g/mol. The van der Waals surface area contributed by atoms with Crippen LogP contribution in [0.2, 0.25) is 0 Å². The summed E-state index contributed by atoms with van der Waals surface area (Å²) >= 11 is 0. The molecule has 0 radical (unpaired) electrons. The third kappa shape index (κ3) is 4.00. The number of ether oxygens (including phenoxy) is 1. The van der Waals surface area contributed by atoms with Gasteiger partial charge in [0.05, 0.1) is 18.1 Å². The lowest BCUT2D eigenvalue weighted by atomic mass is 10.1. The normalized spacial score (nSPS) is 11.2. The van der Waals surface area contributed by atoms with Gasteiger partial charge in [0, 0.05) is 0 Å². The molecule has 1 aromatic heterocycles. The topological polar surface area (TPSA) is 65.4 Å². The van der Waals surface area contributed by atoms with Gasteiger partial charge in [0.25, 0.3) is 0 Å².